The van der Waals surface area contributed by atoms with Gasteiger partial charge in [0.05, 0.1) is 6.61 Å². The monoisotopic (exact) mass is 395 g/mol. The minimum absolute atomic E-state index is 0. The van der Waals surface area contributed by atoms with Gasteiger partial charge in [-0.25, -0.2) is 0 Å². The molecule has 2 rings (SSSR count). The SMILES string of the molecule is CCCOc1cccc(C(=O)NCC(N2CCNCC2)C(F)(F)F)c1.Cl. The average Bonchev–Trinajstić information content (AvgIpc) is 2.60. The molecule has 9 heteroatoms. The first-order valence-corrected chi connectivity index (χ1v) is 8.44. The van der Waals surface area contributed by atoms with Crippen molar-refractivity contribution < 1.29 is 22.7 Å². The van der Waals surface area contributed by atoms with E-state index in [0.717, 1.165) is 6.42 Å². The van der Waals surface area contributed by atoms with Crippen LogP contribution in [-0.4, -0.2) is 62.4 Å². The molecule has 2 N–H and O–H groups in total. The number of nitrogens with one attached hydrogen (secondary N) is 2. The first-order valence-electron chi connectivity index (χ1n) is 8.44. The lowest BCUT2D eigenvalue weighted by Crippen LogP contribution is -2.57. The molecule has 0 spiro atoms. The standard InChI is InChI=1S/C17H24F3N3O2.ClH/c1-2-10-25-14-5-3-4-13(11-14)16(24)22-12-15(17(18,19)20)23-8-6-21-7-9-23;/h3-5,11,15,21H,2,6-10,12H2,1H3,(H,22,24);1H. The molecule has 0 radical (unpaired) electrons. The predicted octanol–water partition coefficient (Wildman–Crippen LogP) is 2.46. The van der Waals surface area contributed by atoms with Gasteiger partial charge in [-0.2, -0.15) is 13.2 Å². The van der Waals surface area contributed by atoms with E-state index >= 15 is 0 Å². The zero-order valence-corrected chi connectivity index (χ0v) is 15.5. The quantitative estimate of drug-likeness (QED) is 0.744. The number of rotatable bonds is 7. The summed E-state index contributed by atoms with van der Waals surface area (Å²) < 4.78 is 45.4. The molecule has 1 heterocycles. The number of ether oxygens (including phenoxy) is 1. The van der Waals surface area contributed by atoms with E-state index in [1.165, 1.54) is 4.90 Å². The highest BCUT2D eigenvalue weighted by Gasteiger charge is 2.43. The lowest BCUT2D eigenvalue weighted by molar-refractivity contribution is -0.183. The van der Waals surface area contributed by atoms with Crippen LogP contribution in [0, 0.1) is 0 Å². The molecule has 0 aromatic heterocycles. The first-order chi connectivity index (χ1) is 11.9. The molecule has 1 aromatic carbocycles. The Morgan fingerprint density at radius 3 is 2.65 bits per heavy atom. The number of hydrogen-bond acceptors (Lipinski definition) is 4. The fourth-order valence-electron chi connectivity index (χ4n) is 2.68. The number of amides is 1. The molecule has 1 atom stereocenters. The van der Waals surface area contributed by atoms with Crippen LogP contribution in [-0.2, 0) is 0 Å². The second-order valence-electron chi connectivity index (χ2n) is 5.93. The first kappa shape index (κ1) is 22.5. The molecule has 1 aliphatic heterocycles. The summed E-state index contributed by atoms with van der Waals surface area (Å²) in [6.07, 6.45) is -3.56. The van der Waals surface area contributed by atoms with Crippen LogP contribution in [0.2, 0.25) is 0 Å². The topological polar surface area (TPSA) is 53.6 Å². The van der Waals surface area contributed by atoms with Crippen LogP contribution < -0.4 is 15.4 Å². The molecule has 148 valence electrons. The third kappa shape index (κ3) is 6.66. The Labute approximate surface area is 157 Å². The molecule has 26 heavy (non-hydrogen) atoms. The minimum atomic E-state index is -4.39. The van der Waals surface area contributed by atoms with Crippen molar-refractivity contribution in [1.82, 2.24) is 15.5 Å². The van der Waals surface area contributed by atoms with Crippen LogP contribution in [0.15, 0.2) is 24.3 Å². The highest BCUT2D eigenvalue weighted by molar-refractivity contribution is 5.94. The number of nitrogens with zero attached hydrogens (tertiary/aromatic N) is 1. The molecule has 1 fully saturated rings. The third-order valence-electron chi connectivity index (χ3n) is 4.00. The maximum atomic E-state index is 13.3. The molecule has 0 aliphatic carbocycles. The Hall–Kier alpha value is -1.51. The van der Waals surface area contributed by atoms with Crippen LogP contribution >= 0.6 is 12.4 Å². The van der Waals surface area contributed by atoms with Gasteiger partial charge >= 0.3 is 6.18 Å². The van der Waals surface area contributed by atoms with E-state index < -0.39 is 24.7 Å². The smallest absolute Gasteiger partial charge is 0.405 e. The average molecular weight is 396 g/mol. The van der Waals surface area contributed by atoms with Gasteiger partial charge in [-0.15, -0.1) is 12.4 Å². The van der Waals surface area contributed by atoms with Crippen LogP contribution in [0.5, 0.6) is 5.75 Å². The molecule has 1 aliphatic rings. The van der Waals surface area contributed by atoms with Gasteiger partial charge in [-0.3, -0.25) is 9.69 Å². The van der Waals surface area contributed by atoms with Crippen molar-refractivity contribution in [1.29, 1.82) is 0 Å². The second kappa shape index (κ2) is 10.6. The van der Waals surface area contributed by atoms with Gasteiger partial charge in [0, 0.05) is 38.3 Å². The van der Waals surface area contributed by atoms with E-state index in [9.17, 15) is 18.0 Å². The van der Waals surface area contributed by atoms with Gasteiger partial charge in [0.1, 0.15) is 11.8 Å². The number of alkyl halides is 3. The van der Waals surface area contributed by atoms with E-state index in [1.807, 2.05) is 6.92 Å². The lowest BCUT2D eigenvalue weighted by Gasteiger charge is -2.35. The predicted molar refractivity (Wildman–Crippen MR) is 96.1 cm³/mol. The highest BCUT2D eigenvalue weighted by Crippen LogP contribution is 2.25. The molecular weight excluding hydrogens is 371 g/mol. The number of benzene rings is 1. The second-order valence-corrected chi connectivity index (χ2v) is 5.93. The van der Waals surface area contributed by atoms with Crippen molar-refractivity contribution in [2.24, 2.45) is 0 Å². The molecule has 0 saturated carbocycles. The largest absolute Gasteiger partial charge is 0.494 e. The van der Waals surface area contributed by atoms with Gasteiger partial charge in [0.2, 0.25) is 0 Å². The summed E-state index contributed by atoms with van der Waals surface area (Å²) >= 11 is 0. The van der Waals surface area contributed by atoms with Crippen LogP contribution in [0.25, 0.3) is 0 Å². The van der Waals surface area contributed by atoms with Crippen molar-refractivity contribution in [3.8, 4) is 5.75 Å². The van der Waals surface area contributed by atoms with Gasteiger partial charge in [-0.1, -0.05) is 13.0 Å². The molecule has 1 amide bonds. The number of halogens is 4. The van der Waals surface area contributed by atoms with E-state index in [4.69, 9.17) is 4.74 Å². The van der Waals surface area contributed by atoms with Crippen LogP contribution in [0.3, 0.4) is 0 Å². The number of carbonyl (C=O) groups excluding carboxylic acids is 1. The third-order valence-corrected chi connectivity index (χ3v) is 4.00. The Morgan fingerprint density at radius 1 is 1.35 bits per heavy atom. The fourth-order valence-corrected chi connectivity index (χ4v) is 2.68. The van der Waals surface area contributed by atoms with Gasteiger partial charge < -0.3 is 15.4 Å². The van der Waals surface area contributed by atoms with E-state index in [0.29, 0.717) is 38.5 Å². The Bertz CT molecular complexity index is 566. The van der Waals surface area contributed by atoms with Crippen molar-refractivity contribution in [3.05, 3.63) is 29.8 Å². The van der Waals surface area contributed by atoms with E-state index in [1.54, 1.807) is 24.3 Å². The highest BCUT2D eigenvalue weighted by atomic mass is 35.5. The van der Waals surface area contributed by atoms with Gasteiger partial charge in [0.15, 0.2) is 0 Å². The fraction of sp³-hybridized carbons (Fsp3) is 0.588. The van der Waals surface area contributed by atoms with E-state index in [2.05, 4.69) is 10.6 Å². The van der Waals surface area contributed by atoms with Gasteiger partial charge in [0.25, 0.3) is 5.91 Å². The Kier molecular flexibility index (Phi) is 9.18. The number of carbonyl (C=O) groups is 1. The van der Waals surface area contributed by atoms with Crippen molar-refractivity contribution in [2.75, 3.05) is 39.3 Å². The summed E-state index contributed by atoms with van der Waals surface area (Å²) in [7, 11) is 0. The van der Waals surface area contributed by atoms with Crippen molar-refractivity contribution >= 4 is 18.3 Å². The van der Waals surface area contributed by atoms with Crippen molar-refractivity contribution in [3.63, 3.8) is 0 Å². The van der Waals surface area contributed by atoms with E-state index in [-0.39, 0.29) is 18.0 Å². The normalized spacial score (nSPS) is 16.5. The summed E-state index contributed by atoms with van der Waals surface area (Å²) in [5.41, 5.74) is 0.287. The molecule has 5 nitrogen and oxygen atoms in total. The Morgan fingerprint density at radius 2 is 2.04 bits per heavy atom. The summed E-state index contributed by atoms with van der Waals surface area (Å²) in [5, 5.41) is 5.43. The maximum Gasteiger partial charge on any atom is 0.405 e. The minimum Gasteiger partial charge on any atom is -0.494 e. The summed E-state index contributed by atoms with van der Waals surface area (Å²) in [4.78, 5) is 13.6. The summed E-state index contributed by atoms with van der Waals surface area (Å²) in [5.74, 6) is -0.00434. The molecule has 0 bridgehead atoms. The number of hydrogen-bond donors (Lipinski definition) is 2. The Balaban J connectivity index is 0.00000338. The zero-order valence-electron chi connectivity index (χ0n) is 14.6. The van der Waals surface area contributed by atoms with Crippen LogP contribution in [0.4, 0.5) is 13.2 Å². The number of piperazine rings is 1. The van der Waals surface area contributed by atoms with Crippen molar-refractivity contribution in [2.45, 2.75) is 25.6 Å². The molecule has 1 unspecified atom stereocenters. The summed E-state index contributed by atoms with van der Waals surface area (Å²) in [6.45, 7) is 3.64. The molecule has 1 aromatic rings. The zero-order chi connectivity index (χ0) is 18.3. The van der Waals surface area contributed by atoms with Crippen LogP contribution in [0.1, 0.15) is 23.7 Å². The molecule has 1 saturated heterocycles. The maximum absolute atomic E-state index is 13.3. The van der Waals surface area contributed by atoms with Gasteiger partial charge in [-0.05, 0) is 24.6 Å². The molecular formula is C17H25ClF3N3O2. The lowest BCUT2D eigenvalue weighted by atomic mass is 10.1. The summed E-state index contributed by atoms with van der Waals surface area (Å²) in [6, 6.07) is 4.78.